The number of aliphatic imine (C=N–C) groups is 1. The first-order valence-electron chi connectivity index (χ1n) is 10.2. The smallest absolute Gasteiger partial charge is 0.481 e. The summed E-state index contributed by atoms with van der Waals surface area (Å²) in [6.45, 7) is 0.0136. The van der Waals surface area contributed by atoms with Gasteiger partial charge in [-0.3, -0.25) is 14.8 Å². The van der Waals surface area contributed by atoms with Gasteiger partial charge in [-0.1, -0.05) is 18.2 Å². The number of hydrogen-bond donors (Lipinski definition) is 1. The Labute approximate surface area is 187 Å². The van der Waals surface area contributed by atoms with Crippen molar-refractivity contribution in [2.24, 2.45) is 16.8 Å². The van der Waals surface area contributed by atoms with E-state index < -0.39 is 24.0 Å². The van der Waals surface area contributed by atoms with Crippen LogP contribution in [0.2, 0.25) is 0 Å². The van der Waals surface area contributed by atoms with Crippen LogP contribution in [-0.2, 0) is 20.9 Å². The second-order valence-electron chi connectivity index (χ2n) is 7.76. The summed E-state index contributed by atoms with van der Waals surface area (Å²) < 4.78 is 52.8. The minimum atomic E-state index is -4.77. The number of alkyl halides is 3. The van der Waals surface area contributed by atoms with E-state index in [4.69, 9.17) is 14.5 Å². The monoisotopic (exact) mass is 462 g/mol. The number of aliphatic carboxylic acids is 1. The molecule has 10 heteroatoms. The summed E-state index contributed by atoms with van der Waals surface area (Å²) >= 11 is 0. The molecule has 1 aliphatic heterocycles. The number of carboxylic acid groups (broad SMARTS) is 1. The number of rotatable bonds is 8. The Morgan fingerprint density at radius 2 is 2.00 bits per heavy atom. The average molecular weight is 462 g/mol. The highest BCUT2D eigenvalue weighted by atomic mass is 19.4. The van der Waals surface area contributed by atoms with Crippen LogP contribution in [0.1, 0.15) is 24.0 Å². The Kier molecular flexibility index (Phi) is 6.22. The zero-order valence-electron chi connectivity index (χ0n) is 17.6. The van der Waals surface area contributed by atoms with E-state index in [0.29, 0.717) is 23.4 Å². The summed E-state index contributed by atoms with van der Waals surface area (Å²) in [5.74, 6) is -3.45. The largest absolute Gasteiger partial charge is 0.573 e. The third-order valence-electron chi connectivity index (χ3n) is 5.57. The molecule has 4 rings (SSSR count). The van der Waals surface area contributed by atoms with Gasteiger partial charge in [0.1, 0.15) is 5.75 Å². The molecule has 1 aromatic heterocycles. The number of carbonyl (C=O) groups is 1. The number of nitrogens with zero attached hydrogens (tertiary/aromatic N) is 2. The third-order valence-corrected chi connectivity index (χ3v) is 5.57. The van der Waals surface area contributed by atoms with Crippen LogP contribution >= 0.6 is 0 Å². The molecule has 1 unspecified atom stereocenters. The molecule has 174 valence electrons. The highest BCUT2D eigenvalue weighted by molar-refractivity contribution is 6.03. The topological polar surface area (TPSA) is 90.2 Å². The number of aromatic nitrogens is 1. The number of hydrogen-bond acceptors (Lipinski definition) is 6. The molecule has 7 nitrogen and oxygen atoms in total. The summed E-state index contributed by atoms with van der Waals surface area (Å²) in [5, 5.41) is 9.44. The van der Waals surface area contributed by atoms with Crippen molar-refractivity contribution in [1.29, 1.82) is 0 Å². The molecule has 0 bridgehead atoms. The van der Waals surface area contributed by atoms with E-state index in [1.807, 2.05) is 12.1 Å². The van der Waals surface area contributed by atoms with E-state index in [9.17, 15) is 23.1 Å². The average Bonchev–Trinajstić information content (AvgIpc) is 3.59. The van der Waals surface area contributed by atoms with Crippen molar-refractivity contribution >= 4 is 17.4 Å². The van der Waals surface area contributed by atoms with Gasteiger partial charge in [0, 0.05) is 37.4 Å². The van der Waals surface area contributed by atoms with Gasteiger partial charge < -0.3 is 19.3 Å². The number of halogens is 3. The number of carboxylic acids is 1. The predicted molar refractivity (Wildman–Crippen MR) is 111 cm³/mol. The van der Waals surface area contributed by atoms with Gasteiger partial charge in [0.05, 0.1) is 23.9 Å². The van der Waals surface area contributed by atoms with Crippen molar-refractivity contribution in [1.82, 2.24) is 4.98 Å². The standard InChI is InChI=1S/C23H21F3N2O5/c1-31-22(32-13-14-4-6-16(7-5-14)33-23(24,25)26)9-8-19(15-3-2-10-27-12-15)28-20(22)17-11-18(17)21(29)30/h2-8,10,12,17-18H,9,11,13H2,1H3,(H,29,30)/t17-,18-,22?/m0/s1. The summed E-state index contributed by atoms with van der Waals surface area (Å²) in [6, 6.07) is 8.94. The summed E-state index contributed by atoms with van der Waals surface area (Å²) in [4.78, 5) is 20.3. The third kappa shape index (κ3) is 5.23. The van der Waals surface area contributed by atoms with Gasteiger partial charge >= 0.3 is 12.3 Å². The fraction of sp³-hybridized carbons (Fsp3) is 0.348. The van der Waals surface area contributed by atoms with Crippen molar-refractivity contribution in [2.75, 3.05) is 7.11 Å². The molecule has 1 saturated carbocycles. The Morgan fingerprint density at radius 1 is 1.24 bits per heavy atom. The fourth-order valence-electron chi connectivity index (χ4n) is 3.80. The van der Waals surface area contributed by atoms with Crippen LogP contribution in [0.5, 0.6) is 5.75 Å². The molecular weight excluding hydrogens is 441 g/mol. The minimum Gasteiger partial charge on any atom is -0.481 e. The lowest BCUT2D eigenvalue weighted by Crippen LogP contribution is -2.46. The van der Waals surface area contributed by atoms with Crippen molar-refractivity contribution < 1.29 is 37.3 Å². The van der Waals surface area contributed by atoms with E-state index in [1.165, 1.54) is 31.4 Å². The van der Waals surface area contributed by atoms with Gasteiger partial charge in [0.25, 0.3) is 0 Å². The molecule has 33 heavy (non-hydrogen) atoms. The highest BCUT2D eigenvalue weighted by Crippen LogP contribution is 2.47. The Morgan fingerprint density at radius 3 is 2.58 bits per heavy atom. The molecule has 3 atom stereocenters. The lowest BCUT2D eigenvalue weighted by molar-refractivity contribution is -0.274. The van der Waals surface area contributed by atoms with Crippen LogP contribution in [-0.4, -0.2) is 41.0 Å². The number of methoxy groups -OCH3 is 1. The second-order valence-corrected chi connectivity index (χ2v) is 7.76. The first-order chi connectivity index (χ1) is 15.7. The molecule has 0 saturated heterocycles. The van der Waals surface area contributed by atoms with Crippen molar-refractivity contribution in [2.45, 2.75) is 31.6 Å². The van der Waals surface area contributed by atoms with Crippen LogP contribution in [0.4, 0.5) is 13.2 Å². The van der Waals surface area contributed by atoms with Crippen molar-refractivity contribution in [3.63, 3.8) is 0 Å². The van der Waals surface area contributed by atoms with Gasteiger partial charge in [0.15, 0.2) is 0 Å². The molecule has 2 aromatic rings. The zero-order chi connectivity index (χ0) is 23.6. The molecule has 1 N–H and O–H groups in total. The lowest BCUT2D eigenvalue weighted by atomic mass is 9.96. The highest BCUT2D eigenvalue weighted by Gasteiger charge is 2.55. The fourth-order valence-corrected chi connectivity index (χ4v) is 3.80. The lowest BCUT2D eigenvalue weighted by Gasteiger charge is -2.36. The zero-order valence-corrected chi connectivity index (χ0v) is 17.6. The van der Waals surface area contributed by atoms with Gasteiger partial charge in [0.2, 0.25) is 5.79 Å². The number of benzene rings is 1. The molecule has 1 fully saturated rings. The molecule has 0 spiro atoms. The minimum absolute atomic E-state index is 0.0136. The summed E-state index contributed by atoms with van der Waals surface area (Å²) in [6.07, 6.45) is 1.08. The van der Waals surface area contributed by atoms with Crippen molar-refractivity contribution in [3.05, 3.63) is 66.0 Å². The Bertz CT molecular complexity index is 1070. The van der Waals surface area contributed by atoms with Crippen LogP contribution < -0.4 is 4.74 Å². The quantitative estimate of drug-likeness (QED) is 0.583. The Balaban J connectivity index is 1.55. The van der Waals surface area contributed by atoms with E-state index in [-0.39, 0.29) is 24.7 Å². The maximum atomic E-state index is 12.4. The van der Waals surface area contributed by atoms with Crippen LogP contribution in [0.25, 0.3) is 5.70 Å². The molecular formula is C23H21F3N2O5. The van der Waals surface area contributed by atoms with Crippen LogP contribution in [0.15, 0.2) is 59.9 Å². The van der Waals surface area contributed by atoms with Crippen LogP contribution in [0, 0.1) is 11.8 Å². The molecule has 2 aliphatic rings. The number of pyridine rings is 1. The molecule has 0 radical (unpaired) electrons. The van der Waals surface area contributed by atoms with E-state index >= 15 is 0 Å². The molecule has 2 heterocycles. The Hall–Kier alpha value is -3.24. The maximum absolute atomic E-state index is 12.4. The van der Waals surface area contributed by atoms with Gasteiger partial charge in [-0.2, -0.15) is 0 Å². The predicted octanol–water partition coefficient (Wildman–Crippen LogP) is 4.45. The van der Waals surface area contributed by atoms with E-state index in [0.717, 1.165) is 5.56 Å². The van der Waals surface area contributed by atoms with E-state index in [1.54, 1.807) is 18.5 Å². The van der Waals surface area contributed by atoms with E-state index in [2.05, 4.69) is 9.72 Å². The maximum Gasteiger partial charge on any atom is 0.573 e. The first kappa shape index (κ1) is 22.9. The molecule has 1 aromatic carbocycles. The first-order valence-corrected chi connectivity index (χ1v) is 10.2. The van der Waals surface area contributed by atoms with Crippen LogP contribution in [0.3, 0.4) is 0 Å². The SMILES string of the molecule is COC1(OCc2ccc(OC(F)(F)F)cc2)CC=C(c2cccnc2)N=C1[C@H]1C[C@@H]1C(=O)O. The molecule has 1 aliphatic carbocycles. The normalized spacial score (nSPS) is 24.6. The number of ether oxygens (including phenoxy) is 3. The van der Waals surface area contributed by atoms with Gasteiger partial charge in [-0.25, -0.2) is 0 Å². The summed E-state index contributed by atoms with van der Waals surface area (Å²) in [7, 11) is 1.46. The summed E-state index contributed by atoms with van der Waals surface area (Å²) in [5.41, 5.74) is 2.51. The van der Waals surface area contributed by atoms with Gasteiger partial charge in [-0.05, 0) is 36.2 Å². The second kappa shape index (κ2) is 8.95. The van der Waals surface area contributed by atoms with Gasteiger partial charge in [-0.15, -0.1) is 13.2 Å². The molecule has 0 amide bonds. The van der Waals surface area contributed by atoms with Crippen molar-refractivity contribution in [3.8, 4) is 5.75 Å².